The number of fused-ring (bicyclic) bond motifs is 4. The highest BCUT2D eigenvalue weighted by molar-refractivity contribution is 8.17. The molecule has 0 saturated carbocycles. The van der Waals surface area contributed by atoms with E-state index < -0.39 is 5.85 Å². The van der Waals surface area contributed by atoms with Crippen molar-refractivity contribution in [1.29, 1.82) is 0 Å². The van der Waals surface area contributed by atoms with Crippen molar-refractivity contribution in [2.45, 2.75) is 24.9 Å². The molecule has 7 rings (SSSR count). The second-order valence-corrected chi connectivity index (χ2v) is 12.7. The van der Waals surface area contributed by atoms with E-state index in [4.69, 9.17) is 54.1 Å². The number of rotatable bonds is 6. The Morgan fingerprint density at radius 1 is 1.02 bits per heavy atom. The molecule has 0 bridgehead atoms. The molecule has 1 N–H and O–H groups in total. The molecule has 1 spiro atoms. The van der Waals surface area contributed by atoms with E-state index in [1.165, 1.54) is 0 Å². The van der Waals surface area contributed by atoms with Gasteiger partial charge in [-0.1, -0.05) is 77.3 Å². The van der Waals surface area contributed by atoms with Gasteiger partial charge in [0.05, 0.1) is 23.8 Å². The van der Waals surface area contributed by atoms with E-state index in [0.29, 0.717) is 43.6 Å². The van der Waals surface area contributed by atoms with Crippen LogP contribution < -0.4 is 19.5 Å². The van der Waals surface area contributed by atoms with E-state index in [1.54, 1.807) is 25.3 Å². The molecule has 7 nitrogen and oxygen atoms in total. The van der Waals surface area contributed by atoms with Crippen LogP contribution in [0.15, 0.2) is 94.9 Å². The number of carbonyl (C=O) groups is 1. The molecule has 4 aromatic carbocycles. The summed E-state index contributed by atoms with van der Waals surface area (Å²) in [7, 11) is 1.58. The standard InChI is InChI=1S/C33H24Cl3N3O4S/c1-41-30-13-19(7-11-29(30)42-18-21-8-9-23(35)16-25(21)36)14-31-33(37-32(40)44-31)39-27(24-15-22(34)10-12-28(24)43-33)17-26(38-39)20-5-3-2-4-6-20/h2-16,27H,17-18H2,1H3,(H,37,40)/b31-14-. The highest BCUT2D eigenvalue weighted by atomic mass is 35.5. The predicted molar refractivity (Wildman–Crippen MR) is 175 cm³/mol. The third-order valence-corrected chi connectivity index (χ3v) is 9.34. The molecular formula is C33H24Cl3N3O4S. The Labute approximate surface area is 273 Å². The molecule has 2 atom stereocenters. The maximum Gasteiger partial charge on any atom is 0.314 e. The first-order chi connectivity index (χ1) is 21.3. The normalized spacial score (nSPS) is 21.0. The molecule has 1 amide bonds. The van der Waals surface area contributed by atoms with Gasteiger partial charge >= 0.3 is 5.85 Å². The van der Waals surface area contributed by atoms with Crippen LogP contribution in [0.4, 0.5) is 4.79 Å². The van der Waals surface area contributed by atoms with E-state index >= 15 is 0 Å². The van der Waals surface area contributed by atoms with E-state index in [0.717, 1.165) is 39.7 Å². The van der Waals surface area contributed by atoms with Gasteiger partial charge in [-0.3, -0.25) is 10.1 Å². The summed E-state index contributed by atoms with van der Waals surface area (Å²) in [5.74, 6) is 0.349. The van der Waals surface area contributed by atoms with Crippen molar-refractivity contribution in [3.05, 3.63) is 127 Å². The van der Waals surface area contributed by atoms with Gasteiger partial charge in [-0.25, -0.2) is 5.01 Å². The summed E-state index contributed by atoms with van der Waals surface area (Å²) in [6.45, 7) is 0.236. The molecule has 3 aliphatic rings. The zero-order valence-electron chi connectivity index (χ0n) is 23.2. The highest BCUT2D eigenvalue weighted by Gasteiger charge is 2.58. The first-order valence-corrected chi connectivity index (χ1v) is 15.7. The number of halogens is 3. The minimum absolute atomic E-state index is 0.208. The largest absolute Gasteiger partial charge is 0.493 e. The number of thioether (sulfide) groups is 1. The Balaban J connectivity index is 1.25. The minimum Gasteiger partial charge on any atom is -0.493 e. The van der Waals surface area contributed by atoms with Crippen molar-refractivity contribution in [3.63, 3.8) is 0 Å². The Hall–Kier alpha value is -3.82. The summed E-state index contributed by atoms with van der Waals surface area (Å²) in [5, 5.41) is 11.4. The first-order valence-electron chi connectivity index (χ1n) is 13.7. The van der Waals surface area contributed by atoms with E-state index in [9.17, 15) is 4.79 Å². The monoisotopic (exact) mass is 663 g/mol. The fourth-order valence-corrected chi connectivity index (χ4v) is 7.09. The van der Waals surface area contributed by atoms with Crippen LogP contribution in [0.25, 0.3) is 6.08 Å². The maximum atomic E-state index is 13.0. The summed E-state index contributed by atoms with van der Waals surface area (Å²) in [6, 6.07) is 26.1. The second kappa shape index (κ2) is 11.6. The first kappa shape index (κ1) is 28.9. The molecule has 3 heterocycles. The van der Waals surface area contributed by atoms with E-state index in [-0.39, 0.29) is 17.9 Å². The number of ether oxygens (including phenoxy) is 3. The number of hydrogen-bond acceptors (Lipinski definition) is 7. The van der Waals surface area contributed by atoms with Crippen LogP contribution in [0.2, 0.25) is 15.1 Å². The number of hydrazone groups is 1. The van der Waals surface area contributed by atoms with Crippen LogP contribution in [0.3, 0.4) is 0 Å². The molecule has 4 aromatic rings. The van der Waals surface area contributed by atoms with Crippen LogP contribution in [0.1, 0.15) is 34.7 Å². The molecule has 11 heteroatoms. The van der Waals surface area contributed by atoms with E-state index in [1.807, 2.05) is 77.8 Å². The third-order valence-electron chi connectivity index (χ3n) is 7.62. The minimum atomic E-state index is -1.35. The smallest absolute Gasteiger partial charge is 0.314 e. The van der Waals surface area contributed by atoms with Crippen LogP contribution in [-0.2, 0) is 6.61 Å². The van der Waals surface area contributed by atoms with Gasteiger partial charge in [-0.05, 0) is 71.4 Å². The summed E-state index contributed by atoms with van der Waals surface area (Å²) < 4.78 is 18.3. The Morgan fingerprint density at radius 2 is 1.82 bits per heavy atom. The second-order valence-electron chi connectivity index (χ2n) is 10.4. The van der Waals surface area contributed by atoms with Crippen molar-refractivity contribution in [2.24, 2.45) is 5.10 Å². The number of carbonyl (C=O) groups excluding carboxylic acids is 1. The summed E-state index contributed by atoms with van der Waals surface area (Å²) in [6.07, 6.45) is 2.52. The number of methoxy groups -OCH3 is 1. The van der Waals surface area contributed by atoms with Crippen LogP contribution in [0.5, 0.6) is 17.2 Å². The zero-order chi connectivity index (χ0) is 30.4. The van der Waals surface area contributed by atoms with Gasteiger partial charge in [0, 0.05) is 32.6 Å². The zero-order valence-corrected chi connectivity index (χ0v) is 26.3. The van der Waals surface area contributed by atoms with Gasteiger partial charge in [0.15, 0.2) is 11.5 Å². The summed E-state index contributed by atoms with van der Waals surface area (Å²) in [4.78, 5) is 13.7. The van der Waals surface area contributed by atoms with Gasteiger partial charge in [0.1, 0.15) is 12.4 Å². The maximum absolute atomic E-state index is 13.0. The van der Waals surface area contributed by atoms with Crippen molar-refractivity contribution < 1.29 is 19.0 Å². The predicted octanol–water partition coefficient (Wildman–Crippen LogP) is 8.93. The lowest BCUT2D eigenvalue weighted by Gasteiger charge is -2.45. The summed E-state index contributed by atoms with van der Waals surface area (Å²) in [5.41, 5.74) is 4.38. The Kier molecular flexibility index (Phi) is 7.62. The van der Waals surface area contributed by atoms with Gasteiger partial charge in [0.25, 0.3) is 5.24 Å². The van der Waals surface area contributed by atoms with Crippen molar-refractivity contribution in [1.82, 2.24) is 10.3 Å². The molecule has 222 valence electrons. The van der Waals surface area contributed by atoms with Crippen molar-refractivity contribution in [2.75, 3.05) is 7.11 Å². The molecule has 0 radical (unpaired) electrons. The Morgan fingerprint density at radius 3 is 2.61 bits per heavy atom. The van der Waals surface area contributed by atoms with Crippen molar-refractivity contribution >= 4 is 63.6 Å². The summed E-state index contributed by atoms with van der Waals surface area (Å²) >= 11 is 19.8. The van der Waals surface area contributed by atoms with Crippen molar-refractivity contribution in [3.8, 4) is 17.2 Å². The van der Waals surface area contributed by atoms with Crippen LogP contribution in [0, 0.1) is 0 Å². The number of nitrogens with zero attached hydrogens (tertiary/aromatic N) is 2. The fourth-order valence-electron chi connectivity index (χ4n) is 5.53. The number of nitrogens with one attached hydrogen (secondary N) is 1. The van der Waals surface area contributed by atoms with Gasteiger partial charge in [-0.2, -0.15) is 5.10 Å². The number of benzene rings is 4. The fraction of sp³-hybridized carbons (Fsp3) is 0.152. The van der Waals surface area contributed by atoms with Gasteiger partial charge < -0.3 is 14.2 Å². The SMILES string of the molecule is COc1cc(/C=C2\SC(=O)NC23Oc2ccc(Cl)cc2C2CC(c4ccccc4)=NN23)ccc1OCc1ccc(Cl)cc1Cl. The lowest BCUT2D eigenvalue weighted by Crippen LogP contribution is -2.61. The topological polar surface area (TPSA) is 72.4 Å². The van der Waals surface area contributed by atoms with Gasteiger partial charge in [-0.15, -0.1) is 0 Å². The Bertz CT molecular complexity index is 1850. The van der Waals surface area contributed by atoms with E-state index in [2.05, 4.69) is 5.32 Å². The molecule has 44 heavy (non-hydrogen) atoms. The molecule has 1 fully saturated rings. The van der Waals surface area contributed by atoms with Gasteiger partial charge in [0.2, 0.25) is 0 Å². The quantitative estimate of drug-likeness (QED) is 0.222. The van der Waals surface area contributed by atoms with Crippen LogP contribution >= 0.6 is 46.6 Å². The number of amides is 1. The lowest BCUT2D eigenvalue weighted by molar-refractivity contribution is -0.0949. The average Bonchev–Trinajstić information content (AvgIpc) is 3.60. The number of hydrogen-bond donors (Lipinski definition) is 1. The molecule has 0 aliphatic carbocycles. The molecule has 2 unspecified atom stereocenters. The third kappa shape index (κ3) is 5.26. The molecule has 1 saturated heterocycles. The highest BCUT2D eigenvalue weighted by Crippen LogP contribution is 2.53. The molecule has 3 aliphatic heterocycles. The average molecular weight is 665 g/mol. The molecular weight excluding hydrogens is 641 g/mol. The van der Waals surface area contributed by atoms with Crippen LogP contribution in [-0.4, -0.2) is 28.9 Å². The lowest BCUT2D eigenvalue weighted by atomic mass is 9.95. The molecule has 0 aromatic heterocycles.